The molecule has 0 bridgehead atoms. The van der Waals surface area contributed by atoms with Gasteiger partial charge >= 0.3 is 0 Å². The first-order chi connectivity index (χ1) is 13.0. The second-order valence-electron chi connectivity index (χ2n) is 6.84. The number of nitrogens with one attached hydrogen (secondary N) is 1. The summed E-state index contributed by atoms with van der Waals surface area (Å²) in [5, 5.41) is 20.4. The molecule has 0 saturated heterocycles. The number of anilines is 2. The average molecular weight is 365 g/mol. The zero-order valence-electron chi connectivity index (χ0n) is 15.4. The first-order valence-electron chi connectivity index (χ1n) is 8.79. The highest BCUT2D eigenvalue weighted by molar-refractivity contribution is 5.62. The van der Waals surface area contributed by atoms with Gasteiger partial charge in [-0.2, -0.15) is 9.61 Å². The van der Waals surface area contributed by atoms with E-state index in [4.69, 9.17) is 0 Å². The Bertz CT molecular complexity index is 1100. The Morgan fingerprint density at radius 3 is 2.70 bits per heavy atom. The van der Waals surface area contributed by atoms with E-state index in [2.05, 4.69) is 39.6 Å². The maximum atomic E-state index is 14.2. The van der Waals surface area contributed by atoms with Gasteiger partial charge in [0.1, 0.15) is 5.82 Å². The summed E-state index contributed by atoms with van der Waals surface area (Å²) in [6, 6.07) is 10.1. The maximum absolute atomic E-state index is 14.2. The second kappa shape index (κ2) is 6.79. The van der Waals surface area contributed by atoms with Crippen molar-refractivity contribution in [3.05, 3.63) is 54.1 Å². The van der Waals surface area contributed by atoms with Gasteiger partial charge in [-0.05, 0) is 37.1 Å². The fourth-order valence-electron chi connectivity index (χ4n) is 2.90. The maximum Gasteiger partial charge on any atom is 0.188 e. The van der Waals surface area contributed by atoms with Crippen LogP contribution in [-0.2, 0) is 6.54 Å². The molecular weight excluding hydrogens is 345 g/mol. The minimum absolute atomic E-state index is 0.357. The van der Waals surface area contributed by atoms with Crippen LogP contribution in [-0.4, -0.2) is 29.6 Å². The molecule has 7 nitrogen and oxygen atoms in total. The standard InChI is InChI=1S/C19H20FN7/c1-12(2)11-26-13(3)16(10-21-26)22-17-8-9-18-23-24-19(27(18)25-17)14-6-4-5-7-15(14)20/h4-10,12H,11H2,1-3H3,(H,22,25). The Morgan fingerprint density at radius 2 is 1.93 bits per heavy atom. The zero-order valence-corrected chi connectivity index (χ0v) is 15.4. The number of hydrogen-bond acceptors (Lipinski definition) is 5. The molecule has 27 heavy (non-hydrogen) atoms. The second-order valence-corrected chi connectivity index (χ2v) is 6.84. The summed E-state index contributed by atoms with van der Waals surface area (Å²) in [6.45, 7) is 7.17. The Morgan fingerprint density at radius 1 is 1.11 bits per heavy atom. The number of rotatable bonds is 5. The molecule has 3 aromatic heterocycles. The van der Waals surface area contributed by atoms with Crippen molar-refractivity contribution >= 4 is 17.2 Å². The SMILES string of the molecule is Cc1c(Nc2ccc3nnc(-c4ccccc4F)n3n2)cnn1CC(C)C. The van der Waals surface area contributed by atoms with Gasteiger partial charge in [0.2, 0.25) is 0 Å². The summed E-state index contributed by atoms with van der Waals surface area (Å²) < 4.78 is 17.7. The number of benzene rings is 1. The normalized spacial score (nSPS) is 11.4. The van der Waals surface area contributed by atoms with E-state index in [1.807, 2.05) is 17.7 Å². The number of hydrogen-bond donors (Lipinski definition) is 1. The van der Waals surface area contributed by atoms with Crippen molar-refractivity contribution < 1.29 is 4.39 Å². The summed E-state index contributed by atoms with van der Waals surface area (Å²) in [6.07, 6.45) is 1.79. The van der Waals surface area contributed by atoms with Crippen LogP contribution in [0.2, 0.25) is 0 Å². The predicted molar refractivity (Wildman–Crippen MR) is 101 cm³/mol. The molecule has 1 aromatic carbocycles. The van der Waals surface area contributed by atoms with E-state index in [0.717, 1.165) is 17.9 Å². The highest BCUT2D eigenvalue weighted by Gasteiger charge is 2.14. The third-order valence-corrected chi connectivity index (χ3v) is 4.28. The number of nitrogens with zero attached hydrogens (tertiary/aromatic N) is 6. The molecule has 3 heterocycles. The van der Waals surface area contributed by atoms with Crippen LogP contribution in [0.15, 0.2) is 42.6 Å². The molecule has 0 unspecified atom stereocenters. The van der Waals surface area contributed by atoms with Crippen molar-refractivity contribution in [1.82, 2.24) is 29.6 Å². The first kappa shape index (κ1) is 17.1. The molecule has 138 valence electrons. The van der Waals surface area contributed by atoms with Crippen molar-refractivity contribution in [2.45, 2.75) is 27.3 Å². The lowest BCUT2D eigenvalue weighted by Gasteiger charge is -2.09. The summed E-state index contributed by atoms with van der Waals surface area (Å²) >= 11 is 0. The third-order valence-electron chi connectivity index (χ3n) is 4.28. The third kappa shape index (κ3) is 3.25. The summed E-state index contributed by atoms with van der Waals surface area (Å²) in [5.74, 6) is 1.11. The van der Waals surface area contributed by atoms with Gasteiger partial charge in [0.15, 0.2) is 17.3 Å². The van der Waals surface area contributed by atoms with Crippen molar-refractivity contribution in [3.63, 3.8) is 0 Å². The fourth-order valence-corrected chi connectivity index (χ4v) is 2.90. The zero-order chi connectivity index (χ0) is 19.0. The molecule has 0 radical (unpaired) electrons. The van der Waals surface area contributed by atoms with Gasteiger partial charge in [-0.15, -0.1) is 15.3 Å². The van der Waals surface area contributed by atoms with Gasteiger partial charge in [-0.25, -0.2) is 4.39 Å². The van der Waals surface area contributed by atoms with Crippen LogP contribution in [0.4, 0.5) is 15.9 Å². The highest BCUT2D eigenvalue weighted by atomic mass is 19.1. The average Bonchev–Trinajstić information content (AvgIpc) is 3.20. The van der Waals surface area contributed by atoms with Crippen LogP contribution < -0.4 is 5.32 Å². The molecule has 8 heteroatoms. The van der Waals surface area contributed by atoms with E-state index in [1.165, 1.54) is 10.6 Å². The molecule has 0 fully saturated rings. The molecular formula is C19H20FN7. The Hall–Kier alpha value is -3.29. The molecule has 0 aliphatic carbocycles. The lowest BCUT2D eigenvalue weighted by molar-refractivity contribution is 0.475. The van der Waals surface area contributed by atoms with Gasteiger partial charge in [-0.1, -0.05) is 26.0 Å². The largest absolute Gasteiger partial charge is 0.336 e. The van der Waals surface area contributed by atoms with Gasteiger partial charge in [0, 0.05) is 6.54 Å². The number of aromatic nitrogens is 6. The Labute approximate surface area is 155 Å². The molecule has 0 aliphatic heterocycles. The minimum atomic E-state index is -0.363. The van der Waals surface area contributed by atoms with E-state index in [9.17, 15) is 4.39 Å². The van der Waals surface area contributed by atoms with Crippen LogP contribution in [0.1, 0.15) is 19.5 Å². The highest BCUT2D eigenvalue weighted by Crippen LogP contribution is 2.23. The number of halogens is 1. The molecule has 4 rings (SSSR count). The Balaban J connectivity index is 1.69. The molecule has 0 saturated carbocycles. The van der Waals surface area contributed by atoms with Crippen molar-refractivity contribution in [2.75, 3.05) is 5.32 Å². The van der Waals surface area contributed by atoms with Crippen molar-refractivity contribution in [3.8, 4) is 11.4 Å². The van der Waals surface area contributed by atoms with E-state index in [-0.39, 0.29) is 5.82 Å². The molecule has 0 spiro atoms. The molecule has 1 N–H and O–H groups in total. The van der Waals surface area contributed by atoms with Gasteiger partial charge in [0.05, 0.1) is 23.1 Å². The van der Waals surface area contributed by atoms with Gasteiger partial charge in [0.25, 0.3) is 0 Å². The first-order valence-corrected chi connectivity index (χ1v) is 8.79. The molecule has 0 amide bonds. The molecule has 0 atom stereocenters. The van der Waals surface area contributed by atoms with Crippen molar-refractivity contribution in [2.24, 2.45) is 5.92 Å². The lowest BCUT2D eigenvalue weighted by Crippen LogP contribution is -2.08. The fraction of sp³-hybridized carbons (Fsp3) is 0.263. The van der Waals surface area contributed by atoms with Gasteiger partial charge < -0.3 is 5.32 Å². The topological polar surface area (TPSA) is 72.9 Å². The van der Waals surface area contributed by atoms with Crippen molar-refractivity contribution in [1.29, 1.82) is 0 Å². The van der Waals surface area contributed by atoms with E-state index in [0.29, 0.717) is 28.8 Å². The van der Waals surface area contributed by atoms with E-state index in [1.54, 1.807) is 30.5 Å². The quantitative estimate of drug-likeness (QED) is 0.582. The van der Waals surface area contributed by atoms with E-state index < -0.39 is 0 Å². The monoisotopic (exact) mass is 365 g/mol. The van der Waals surface area contributed by atoms with E-state index >= 15 is 0 Å². The lowest BCUT2D eigenvalue weighted by atomic mass is 10.2. The van der Waals surface area contributed by atoms with Crippen LogP contribution >= 0.6 is 0 Å². The van der Waals surface area contributed by atoms with Gasteiger partial charge in [-0.3, -0.25) is 4.68 Å². The van der Waals surface area contributed by atoms with Crippen LogP contribution in [0.3, 0.4) is 0 Å². The number of fused-ring (bicyclic) bond motifs is 1. The van der Waals surface area contributed by atoms with Crippen LogP contribution in [0, 0.1) is 18.7 Å². The molecule has 0 aliphatic rings. The smallest absolute Gasteiger partial charge is 0.188 e. The Kier molecular flexibility index (Phi) is 4.31. The predicted octanol–water partition coefficient (Wildman–Crippen LogP) is 3.83. The van der Waals surface area contributed by atoms with Crippen LogP contribution in [0.25, 0.3) is 17.0 Å². The summed E-state index contributed by atoms with van der Waals surface area (Å²) in [4.78, 5) is 0. The minimum Gasteiger partial charge on any atom is -0.336 e. The summed E-state index contributed by atoms with van der Waals surface area (Å²) in [7, 11) is 0. The summed E-state index contributed by atoms with van der Waals surface area (Å²) in [5.41, 5.74) is 2.81. The van der Waals surface area contributed by atoms with Crippen LogP contribution in [0.5, 0.6) is 0 Å². The molecule has 4 aromatic rings.